The van der Waals surface area contributed by atoms with Crippen LogP contribution in [0.15, 0.2) is 29.8 Å². The van der Waals surface area contributed by atoms with Gasteiger partial charge in [-0.1, -0.05) is 30.0 Å². The third-order valence-corrected chi connectivity index (χ3v) is 4.19. The lowest BCUT2D eigenvalue weighted by Crippen LogP contribution is -2.63. The summed E-state index contributed by atoms with van der Waals surface area (Å²) in [4.78, 5) is 31.7. The molecule has 2 unspecified atom stereocenters. The minimum atomic E-state index is -0.457. The fourth-order valence-corrected chi connectivity index (χ4v) is 2.97. The van der Waals surface area contributed by atoms with E-state index in [0.29, 0.717) is 12.3 Å². The summed E-state index contributed by atoms with van der Waals surface area (Å²) >= 11 is 1.52. The van der Waals surface area contributed by atoms with Gasteiger partial charge in [0.2, 0.25) is 0 Å². The van der Waals surface area contributed by atoms with Crippen molar-refractivity contribution in [1.82, 2.24) is 15.1 Å². The summed E-state index contributed by atoms with van der Waals surface area (Å²) in [6, 6.07) is -0.859. The van der Waals surface area contributed by atoms with Crippen molar-refractivity contribution in [3.05, 3.63) is 24.8 Å². The van der Waals surface area contributed by atoms with E-state index in [0.717, 1.165) is 5.17 Å². The van der Waals surface area contributed by atoms with E-state index in [1.807, 2.05) is 24.0 Å². The zero-order valence-electron chi connectivity index (χ0n) is 11.6. The first-order valence-corrected chi connectivity index (χ1v) is 7.35. The third kappa shape index (κ3) is 2.58. The Hall–Kier alpha value is -1.76. The lowest BCUT2D eigenvalue weighted by molar-refractivity contribution is -0.126. The van der Waals surface area contributed by atoms with E-state index in [1.165, 1.54) is 16.7 Å². The maximum absolute atomic E-state index is 12.1. The first kappa shape index (κ1) is 14.6. The summed E-state index contributed by atoms with van der Waals surface area (Å²) < 4.78 is 0. The molecular formula is C13H18N4O2S. The van der Waals surface area contributed by atoms with Crippen LogP contribution >= 0.6 is 11.8 Å². The number of likely N-dealkylation sites (N-methyl/N-ethyl adjacent to an activating group) is 1. The molecule has 3 amide bonds. The van der Waals surface area contributed by atoms with Crippen molar-refractivity contribution in [2.45, 2.75) is 19.1 Å². The lowest BCUT2D eigenvalue weighted by Gasteiger charge is -2.35. The Kier molecular flexibility index (Phi) is 4.49. The van der Waals surface area contributed by atoms with Gasteiger partial charge in [0.25, 0.3) is 5.91 Å². The first-order chi connectivity index (χ1) is 9.60. The molecule has 0 aromatic rings. The highest BCUT2D eigenvalue weighted by Gasteiger charge is 2.48. The lowest BCUT2D eigenvalue weighted by atomic mass is 10.1. The molecule has 108 valence electrons. The van der Waals surface area contributed by atoms with Crippen molar-refractivity contribution >= 4 is 28.9 Å². The molecule has 1 saturated heterocycles. The number of hydrogen-bond donors (Lipinski definition) is 1. The maximum atomic E-state index is 12.1. The number of carbonyl (C=O) groups excluding carboxylic acids is 2. The van der Waals surface area contributed by atoms with Gasteiger partial charge in [0.15, 0.2) is 17.4 Å². The van der Waals surface area contributed by atoms with Crippen LogP contribution in [0, 0.1) is 0 Å². The van der Waals surface area contributed by atoms with Gasteiger partial charge in [-0.3, -0.25) is 10.1 Å². The Morgan fingerprint density at radius 3 is 2.90 bits per heavy atom. The molecule has 0 bridgehead atoms. The number of carbonyl (C=O) groups is 2. The highest BCUT2D eigenvalue weighted by molar-refractivity contribution is 8.13. The van der Waals surface area contributed by atoms with Gasteiger partial charge in [-0.15, -0.1) is 6.58 Å². The van der Waals surface area contributed by atoms with E-state index in [9.17, 15) is 9.59 Å². The second kappa shape index (κ2) is 6.13. The zero-order chi connectivity index (χ0) is 14.7. The number of nitrogens with zero attached hydrogens (tertiary/aromatic N) is 3. The van der Waals surface area contributed by atoms with E-state index in [2.05, 4.69) is 16.9 Å². The minimum Gasteiger partial charge on any atom is -0.332 e. The fourth-order valence-electron chi connectivity index (χ4n) is 2.17. The Morgan fingerprint density at radius 1 is 1.50 bits per heavy atom. The summed E-state index contributed by atoms with van der Waals surface area (Å²) in [7, 11) is 1.65. The number of fused-ring (bicyclic) bond motifs is 1. The van der Waals surface area contributed by atoms with Gasteiger partial charge < -0.3 is 9.80 Å². The minimum absolute atomic E-state index is 0.291. The van der Waals surface area contributed by atoms with Crippen molar-refractivity contribution in [3.8, 4) is 0 Å². The Balaban J connectivity index is 2.27. The molecule has 2 heterocycles. The number of urea groups is 1. The SMILES string of the molecule is C=CCSC1=NC2C(C(=O)NC(=O)N2C)N1C/C=C/C. The van der Waals surface area contributed by atoms with Gasteiger partial charge in [-0.25, -0.2) is 9.79 Å². The number of rotatable bonds is 4. The molecule has 2 aliphatic rings. The molecule has 20 heavy (non-hydrogen) atoms. The topological polar surface area (TPSA) is 65.0 Å². The largest absolute Gasteiger partial charge is 0.332 e. The molecule has 0 radical (unpaired) electrons. The standard InChI is InChI=1S/C13H18N4O2S/c1-4-6-7-17-9-10(14-13(17)20-8-5-2)16(3)12(19)15-11(9)18/h4-6,9-10H,2,7-8H2,1,3H3,(H,15,18,19)/b6-4+. The molecule has 1 N–H and O–H groups in total. The molecule has 0 aromatic heterocycles. The summed E-state index contributed by atoms with van der Waals surface area (Å²) in [6.45, 7) is 6.21. The smallest absolute Gasteiger partial charge is 0.325 e. The van der Waals surface area contributed by atoms with Gasteiger partial charge in [0.1, 0.15) is 0 Å². The highest BCUT2D eigenvalue weighted by Crippen LogP contribution is 2.28. The number of nitrogens with one attached hydrogen (secondary N) is 1. The number of aliphatic imine (C=N–C) groups is 1. The van der Waals surface area contributed by atoms with Gasteiger partial charge in [-0.05, 0) is 6.92 Å². The molecule has 0 aromatic carbocycles. The second-order valence-electron chi connectivity index (χ2n) is 4.50. The van der Waals surface area contributed by atoms with E-state index in [1.54, 1.807) is 13.1 Å². The van der Waals surface area contributed by atoms with Crippen molar-refractivity contribution in [2.75, 3.05) is 19.3 Å². The van der Waals surface area contributed by atoms with Crippen molar-refractivity contribution in [1.29, 1.82) is 0 Å². The van der Waals surface area contributed by atoms with Crippen molar-refractivity contribution in [2.24, 2.45) is 4.99 Å². The van der Waals surface area contributed by atoms with Crippen LogP contribution in [0.5, 0.6) is 0 Å². The predicted octanol–water partition coefficient (Wildman–Crippen LogP) is 1.03. The zero-order valence-corrected chi connectivity index (χ0v) is 12.4. The van der Waals surface area contributed by atoms with Crippen LogP contribution in [0.3, 0.4) is 0 Å². The number of allylic oxidation sites excluding steroid dienone is 1. The molecule has 6 nitrogen and oxygen atoms in total. The highest BCUT2D eigenvalue weighted by atomic mass is 32.2. The third-order valence-electron chi connectivity index (χ3n) is 3.19. The number of amidine groups is 1. The van der Waals surface area contributed by atoms with Crippen LogP contribution in [-0.4, -0.2) is 58.5 Å². The van der Waals surface area contributed by atoms with Crippen LogP contribution in [0.4, 0.5) is 4.79 Å². The summed E-state index contributed by atoms with van der Waals surface area (Å²) in [5.74, 6) is 0.421. The van der Waals surface area contributed by atoms with E-state index in [4.69, 9.17) is 0 Å². The fraction of sp³-hybridized carbons (Fsp3) is 0.462. The molecule has 0 spiro atoms. The van der Waals surface area contributed by atoms with Crippen LogP contribution in [0.1, 0.15) is 6.92 Å². The van der Waals surface area contributed by atoms with Gasteiger partial charge in [0, 0.05) is 19.3 Å². The molecular weight excluding hydrogens is 276 g/mol. The van der Waals surface area contributed by atoms with Gasteiger partial charge >= 0.3 is 6.03 Å². The molecule has 0 saturated carbocycles. The van der Waals surface area contributed by atoms with E-state index < -0.39 is 18.2 Å². The van der Waals surface area contributed by atoms with E-state index >= 15 is 0 Å². The number of imide groups is 1. The monoisotopic (exact) mass is 294 g/mol. The van der Waals surface area contributed by atoms with Crippen LogP contribution in [0.2, 0.25) is 0 Å². The summed E-state index contributed by atoms with van der Waals surface area (Å²) in [6.07, 6.45) is 5.24. The summed E-state index contributed by atoms with van der Waals surface area (Å²) in [5, 5.41) is 3.14. The molecule has 2 rings (SSSR count). The predicted molar refractivity (Wildman–Crippen MR) is 80.5 cm³/mol. The van der Waals surface area contributed by atoms with Crippen LogP contribution in [-0.2, 0) is 4.79 Å². The molecule has 0 aliphatic carbocycles. The molecule has 1 fully saturated rings. The van der Waals surface area contributed by atoms with Crippen LogP contribution in [0.25, 0.3) is 0 Å². The first-order valence-electron chi connectivity index (χ1n) is 6.37. The molecule has 2 aliphatic heterocycles. The Morgan fingerprint density at radius 2 is 2.25 bits per heavy atom. The van der Waals surface area contributed by atoms with E-state index in [-0.39, 0.29) is 5.91 Å². The maximum Gasteiger partial charge on any atom is 0.325 e. The molecule has 7 heteroatoms. The average Bonchev–Trinajstić information content (AvgIpc) is 2.79. The quantitative estimate of drug-likeness (QED) is 0.787. The Labute approximate surface area is 122 Å². The van der Waals surface area contributed by atoms with Crippen molar-refractivity contribution < 1.29 is 9.59 Å². The van der Waals surface area contributed by atoms with Gasteiger partial charge in [-0.2, -0.15) is 0 Å². The average molecular weight is 294 g/mol. The number of hydrogen-bond acceptors (Lipinski definition) is 5. The Bertz CT molecular complexity index is 489. The number of thioether (sulfide) groups is 1. The normalized spacial score (nSPS) is 25.8. The summed E-state index contributed by atoms with van der Waals surface area (Å²) in [5.41, 5.74) is 0. The van der Waals surface area contributed by atoms with Crippen LogP contribution < -0.4 is 5.32 Å². The van der Waals surface area contributed by atoms with Gasteiger partial charge in [0.05, 0.1) is 0 Å². The number of amides is 3. The second-order valence-corrected chi connectivity index (χ2v) is 5.48. The van der Waals surface area contributed by atoms with Crippen molar-refractivity contribution in [3.63, 3.8) is 0 Å². The molecule has 2 atom stereocenters.